The van der Waals surface area contributed by atoms with Gasteiger partial charge in [-0.15, -0.1) is 0 Å². The number of ether oxygens (including phenoxy) is 2. The zero-order valence-corrected chi connectivity index (χ0v) is 17.6. The van der Waals surface area contributed by atoms with Crippen molar-refractivity contribution in [3.05, 3.63) is 29.8 Å². The summed E-state index contributed by atoms with van der Waals surface area (Å²) in [5, 5.41) is 2.51. The van der Waals surface area contributed by atoms with Crippen molar-refractivity contribution in [3.63, 3.8) is 0 Å². The number of hydrogen-bond donors (Lipinski definition) is 1. The molecule has 0 aromatic heterocycles. The van der Waals surface area contributed by atoms with Gasteiger partial charge >= 0.3 is 5.97 Å². The topological polar surface area (TPSA) is 84.9 Å². The number of nitrogens with zero attached hydrogens (tertiary/aromatic N) is 1. The smallest absolute Gasteiger partial charge is 0.325 e. The molecule has 29 heavy (non-hydrogen) atoms. The summed E-state index contributed by atoms with van der Waals surface area (Å²) < 4.78 is 10.6. The number of likely N-dealkylation sites (tertiary alicyclic amines) is 1. The zero-order chi connectivity index (χ0) is 21.2. The van der Waals surface area contributed by atoms with E-state index in [1.807, 2.05) is 0 Å². The van der Waals surface area contributed by atoms with Crippen molar-refractivity contribution >= 4 is 17.8 Å². The third kappa shape index (κ3) is 7.75. The summed E-state index contributed by atoms with van der Waals surface area (Å²) >= 11 is 0. The molecule has 0 saturated carbocycles. The van der Waals surface area contributed by atoms with Gasteiger partial charge in [0.25, 0.3) is 11.8 Å². The summed E-state index contributed by atoms with van der Waals surface area (Å²) in [7, 11) is 0. The van der Waals surface area contributed by atoms with E-state index in [9.17, 15) is 14.4 Å². The Morgan fingerprint density at radius 1 is 1.10 bits per heavy atom. The molecular formula is C22H32N2O5. The summed E-state index contributed by atoms with van der Waals surface area (Å²) in [5.41, 5.74) is 0.424. The van der Waals surface area contributed by atoms with Gasteiger partial charge in [0, 0.05) is 18.7 Å². The van der Waals surface area contributed by atoms with Gasteiger partial charge < -0.3 is 19.7 Å². The van der Waals surface area contributed by atoms with E-state index in [1.54, 1.807) is 29.2 Å². The van der Waals surface area contributed by atoms with E-state index in [1.165, 1.54) is 0 Å². The van der Waals surface area contributed by atoms with Crippen molar-refractivity contribution in [2.24, 2.45) is 11.8 Å². The van der Waals surface area contributed by atoms with Crippen LogP contribution in [-0.4, -0.2) is 55.5 Å². The van der Waals surface area contributed by atoms with E-state index in [2.05, 4.69) is 26.1 Å². The van der Waals surface area contributed by atoms with E-state index < -0.39 is 5.97 Å². The quantitative estimate of drug-likeness (QED) is 0.505. The summed E-state index contributed by atoms with van der Waals surface area (Å²) in [5.74, 6) is 0.384. The Morgan fingerprint density at radius 3 is 2.38 bits per heavy atom. The van der Waals surface area contributed by atoms with E-state index in [0.29, 0.717) is 42.8 Å². The first kappa shape index (κ1) is 22.7. The molecule has 1 aromatic rings. The maximum atomic E-state index is 12.2. The van der Waals surface area contributed by atoms with Crippen LogP contribution >= 0.6 is 0 Å². The second-order valence-electron chi connectivity index (χ2n) is 7.81. The fourth-order valence-electron chi connectivity index (χ4n) is 3.44. The number of benzene rings is 1. The van der Waals surface area contributed by atoms with Crippen LogP contribution in [0.1, 0.15) is 50.4 Å². The molecule has 1 heterocycles. The van der Waals surface area contributed by atoms with Gasteiger partial charge in [0.1, 0.15) is 12.3 Å². The Hall–Kier alpha value is -2.57. The third-order valence-electron chi connectivity index (χ3n) is 4.85. The maximum Gasteiger partial charge on any atom is 0.325 e. The van der Waals surface area contributed by atoms with E-state index in [0.717, 1.165) is 19.3 Å². The number of nitrogens with one attached hydrogen (secondary N) is 1. The van der Waals surface area contributed by atoms with Crippen LogP contribution in [0.4, 0.5) is 0 Å². The van der Waals surface area contributed by atoms with Gasteiger partial charge in [-0.1, -0.05) is 27.2 Å². The lowest BCUT2D eigenvalue weighted by Gasteiger charge is -2.34. The van der Waals surface area contributed by atoms with Crippen molar-refractivity contribution in [2.75, 3.05) is 32.8 Å². The van der Waals surface area contributed by atoms with Crippen LogP contribution in [0.15, 0.2) is 24.3 Å². The fourth-order valence-corrected chi connectivity index (χ4v) is 3.44. The molecule has 1 fully saturated rings. The average Bonchev–Trinajstić information content (AvgIpc) is 2.70. The Morgan fingerprint density at radius 2 is 1.76 bits per heavy atom. The molecule has 1 saturated heterocycles. The number of piperidine rings is 1. The van der Waals surface area contributed by atoms with Crippen LogP contribution in [0.25, 0.3) is 0 Å². The predicted octanol–water partition coefficient (Wildman–Crippen LogP) is 2.64. The summed E-state index contributed by atoms with van der Waals surface area (Å²) in [4.78, 5) is 38.0. The Bertz CT molecular complexity index is 679. The molecule has 160 valence electrons. The number of carbonyl (C=O) groups excluding carboxylic acids is 3. The number of unbranched alkanes of at least 4 members (excludes halogenated alkanes) is 1. The minimum absolute atomic E-state index is 0.193. The first-order chi connectivity index (χ1) is 13.9. The third-order valence-corrected chi connectivity index (χ3v) is 4.85. The van der Waals surface area contributed by atoms with Crippen LogP contribution < -0.4 is 10.1 Å². The van der Waals surface area contributed by atoms with Gasteiger partial charge in [0.15, 0.2) is 6.61 Å². The van der Waals surface area contributed by atoms with Gasteiger partial charge in [-0.2, -0.15) is 0 Å². The molecule has 7 heteroatoms. The van der Waals surface area contributed by atoms with Gasteiger partial charge in [-0.05, 0) is 48.9 Å². The zero-order valence-electron chi connectivity index (χ0n) is 17.6. The summed E-state index contributed by atoms with van der Waals surface area (Å²) in [6.07, 6.45) is 3.13. The van der Waals surface area contributed by atoms with Crippen LogP contribution in [0.3, 0.4) is 0 Å². The number of hydrogen-bond acceptors (Lipinski definition) is 5. The molecule has 7 nitrogen and oxygen atoms in total. The number of esters is 1. The molecule has 0 bridgehead atoms. The molecular weight excluding hydrogens is 372 g/mol. The first-order valence-corrected chi connectivity index (χ1v) is 10.3. The molecule has 1 aliphatic heterocycles. The molecule has 2 rings (SSSR count). The minimum atomic E-state index is -0.635. The lowest BCUT2D eigenvalue weighted by Crippen LogP contribution is -2.44. The number of carbonyl (C=O) groups is 3. The molecule has 1 aliphatic rings. The number of rotatable bonds is 9. The molecule has 0 radical (unpaired) electrons. The van der Waals surface area contributed by atoms with Crippen LogP contribution in [0.5, 0.6) is 5.75 Å². The predicted molar refractivity (Wildman–Crippen MR) is 110 cm³/mol. The average molecular weight is 405 g/mol. The van der Waals surface area contributed by atoms with E-state index in [4.69, 9.17) is 9.47 Å². The minimum Gasteiger partial charge on any atom is -0.494 e. The molecule has 0 aliphatic carbocycles. The molecule has 1 N–H and O–H groups in total. The van der Waals surface area contributed by atoms with Gasteiger partial charge in [-0.25, -0.2) is 0 Å². The Labute approximate surface area is 172 Å². The van der Waals surface area contributed by atoms with Gasteiger partial charge in [-0.3, -0.25) is 14.4 Å². The largest absolute Gasteiger partial charge is 0.494 e. The van der Waals surface area contributed by atoms with Crippen LogP contribution in [0.2, 0.25) is 0 Å². The monoisotopic (exact) mass is 404 g/mol. The van der Waals surface area contributed by atoms with Crippen molar-refractivity contribution in [3.8, 4) is 5.75 Å². The Kier molecular flexibility index (Phi) is 8.96. The van der Waals surface area contributed by atoms with Crippen LogP contribution in [-0.2, 0) is 14.3 Å². The molecule has 1 aromatic carbocycles. The van der Waals surface area contributed by atoms with Crippen molar-refractivity contribution in [2.45, 2.75) is 40.0 Å². The highest BCUT2D eigenvalue weighted by Crippen LogP contribution is 2.20. The van der Waals surface area contributed by atoms with Crippen molar-refractivity contribution in [1.82, 2.24) is 10.2 Å². The SMILES string of the molecule is CCCCOc1ccc(C(=O)NCC(=O)OCC(=O)N2C[C@H](C)C[C@H](C)C2)cc1. The summed E-state index contributed by atoms with van der Waals surface area (Å²) in [6.45, 7) is 7.76. The highest BCUT2D eigenvalue weighted by atomic mass is 16.5. The molecule has 2 atom stereocenters. The lowest BCUT2D eigenvalue weighted by atomic mass is 9.92. The van der Waals surface area contributed by atoms with E-state index >= 15 is 0 Å². The lowest BCUT2D eigenvalue weighted by molar-refractivity contribution is -0.152. The van der Waals surface area contributed by atoms with Crippen LogP contribution in [0, 0.1) is 11.8 Å². The molecule has 0 spiro atoms. The highest BCUT2D eigenvalue weighted by Gasteiger charge is 2.25. The summed E-state index contributed by atoms with van der Waals surface area (Å²) in [6, 6.07) is 6.73. The second-order valence-corrected chi connectivity index (χ2v) is 7.81. The van der Waals surface area contributed by atoms with Crippen molar-refractivity contribution < 1.29 is 23.9 Å². The maximum absolute atomic E-state index is 12.2. The number of amides is 2. The highest BCUT2D eigenvalue weighted by molar-refractivity contribution is 5.96. The fraction of sp³-hybridized carbons (Fsp3) is 0.591. The second kappa shape index (κ2) is 11.4. The van der Waals surface area contributed by atoms with Gasteiger partial charge in [0.2, 0.25) is 0 Å². The Balaban J connectivity index is 1.70. The first-order valence-electron chi connectivity index (χ1n) is 10.3. The van der Waals surface area contributed by atoms with Crippen molar-refractivity contribution in [1.29, 1.82) is 0 Å². The molecule has 0 unspecified atom stereocenters. The molecule has 2 amide bonds. The standard InChI is InChI=1S/C22H32N2O5/c1-4-5-10-28-19-8-6-18(7-9-19)22(27)23-12-21(26)29-15-20(25)24-13-16(2)11-17(3)14-24/h6-9,16-17H,4-5,10-15H2,1-3H3,(H,23,27)/t16-,17+. The van der Waals surface area contributed by atoms with Gasteiger partial charge in [0.05, 0.1) is 6.61 Å². The van der Waals surface area contributed by atoms with E-state index in [-0.39, 0.29) is 25.0 Å². The normalized spacial score (nSPS) is 18.8.